The minimum atomic E-state index is -0.578. The van der Waals surface area contributed by atoms with Crippen LogP contribution in [0.3, 0.4) is 0 Å². The molecule has 0 saturated heterocycles. The van der Waals surface area contributed by atoms with Crippen molar-refractivity contribution in [1.29, 1.82) is 0 Å². The van der Waals surface area contributed by atoms with E-state index in [0.717, 1.165) is 0 Å². The van der Waals surface area contributed by atoms with Gasteiger partial charge in [-0.3, -0.25) is 4.68 Å². The van der Waals surface area contributed by atoms with Crippen molar-refractivity contribution in [3.8, 4) is 11.1 Å². The second-order valence-corrected chi connectivity index (χ2v) is 6.58. The molecule has 0 aliphatic heterocycles. The lowest BCUT2D eigenvalue weighted by Gasteiger charge is -2.14. The van der Waals surface area contributed by atoms with Crippen LogP contribution in [0.1, 0.15) is 0 Å². The average Bonchev–Trinajstić information content (AvgIpc) is 3.12. The molecule has 2 aromatic carbocycles. The number of aromatic nitrogens is 4. The van der Waals surface area contributed by atoms with Crippen LogP contribution in [0.2, 0.25) is 0 Å². The molecule has 0 unspecified atom stereocenters. The Bertz CT molecular complexity index is 1220. The first-order valence-electron chi connectivity index (χ1n) is 8.89. The first-order chi connectivity index (χ1) is 14.4. The summed E-state index contributed by atoms with van der Waals surface area (Å²) in [7, 11) is 1.78. The highest BCUT2D eigenvalue weighted by atomic mass is 19.1. The lowest BCUT2D eigenvalue weighted by Crippen LogP contribution is -2.04. The van der Waals surface area contributed by atoms with Gasteiger partial charge >= 0.3 is 0 Å². The summed E-state index contributed by atoms with van der Waals surface area (Å²) >= 11 is 0. The minimum absolute atomic E-state index is 0.0194. The van der Waals surface area contributed by atoms with Crippen molar-refractivity contribution in [2.45, 2.75) is 0 Å². The molecule has 10 heteroatoms. The summed E-state index contributed by atoms with van der Waals surface area (Å²) in [5.41, 5.74) is 13.5. The van der Waals surface area contributed by atoms with E-state index in [9.17, 15) is 8.78 Å². The average molecular weight is 408 g/mol. The monoisotopic (exact) mass is 408 g/mol. The summed E-state index contributed by atoms with van der Waals surface area (Å²) in [6.07, 6.45) is 4.86. The normalized spacial score (nSPS) is 10.8. The molecule has 0 fully saturated rings. The van der Waals surface area contributed by atoms with Gasteiger partial charge in [0.05, 0.1) is 23.3 Å². The van der Waals surface area contributed by atoms with Crippen LogP contribution >= 0.6 is 0 Å². The van der Waals surface area contributed by atoms with Crippen LogP contribution in [0.25, 0.3) is 11.1 Å². The lowest BCUT2D eigenvalue weighted by molar-refractivity contribution is 0.631. The van der Waals surface area contributed by atoms with Crippen LogP contribution in [0, 0.1) is 11.6 Å². The predicted octanol–water partition coefficient (Wildman–Crippen LogP) is 3.81. The van der Waals surface area contributed by atoms with Crippen molar-refractivity contribution in [2.75, 3.05) is 22.1 Å². The van der Waals surface area contributed by atoms with Gasteiger partial charge in [-0.15, -0.1) is 0 Å². The van der Waals surface area contributed by atoms with Gasteiger partial charge in [0.25, 0.3) is 0 Å². The van der Waals surface area contributed by atoms with Crippen LogP contribution in [-0.4, -0.2) is 19.7 Å². The van der Waals surface area contributed by atoms with Crippen molar-refractivity contribution in [3.63, 3.8) is 0 Å². The van der Waals surface area contributed by atoms with Gasteiger partial charge in [0, 0.05) is 30.7 Å². The maximum atomic E-state index is 14.3. The fraction of sp³-hybridized carbons (Fsp3) is 0.0500. The molecule has 2 aromatic heterocycles. The molecule has 152 valence electrons. The van der Waals surface area contributed by atoms with E-state index < -0.39 is 11.6 Å². The van der Waals surface area contributed by atoms with Crippen molar-refractivity contribution >= 4 is 34.5 Å². The van der Waals surface area contributed by atoms with Crippen molar-refractivity contribution in [2.24, 2.45) is 7.05 Å². The molecule has 0 bridgehead atoms. The lowest BCUT2D eigenvalue weighted by atomic mass is 10.1. The molecule has 0 saturated carbocycles. The Labute approximate surface area is 170 Å². The zero-order valence-corrected chi connectivity index (χ0v) is 15.9. The van der Waals surface area contributed by atoms with Crippen molar-refractivity contribution < 1.29 is 8.78 Å². The molecular weight excluding hydrogens is 390 g/mol. The van der Waals surface area contributed by atoms with Crippen LogP contribution in [-0.2, 0) is 7.05 Å². The molecule has 6 N–H and O–H groups in total. The molecule has 2 heterocycles. The van der Waals surface area contributed by atoms with Crippen LogP contribution in [0.15, 0.2) is 55.0 Å². The molecule has 0 atom stereocenters. The number of hydrogen-bond donors (Lipinski definition) is 4. The Hall–Kier alpha value is -4.21. The van der Waals surface area contributed by atoms with E-state index in [1.165, 1.54) is 36.5 Å². The van der Waals surface area contributed by atoms with Crippen LogP contribution in [0.4, 0.5) is 43.3 Å². The van der Waals surface area contributed by atoms with Crippen molar-refractivity contribution in [1.82, 2.24) is 19.7 Å². The summed E-state index contributed by atoms with van der Waals surface area (Å²) in [5.74, 6) is -0.593. The number of halogens is 2. The molecule has 0 aliphatic rings. The highest BCUT2D eigenvalue weighted by molar-refractivity contribution is 5.80. The molecule has 0 radical (unpaired) electrons. The third-order valence-electron chi connectivity index (χ3n) is 4.30. The Balaban J connectivity index is 1.78. The number of nitrogens with two attached hydrogens (primary N) is 2. The van der Waals surface area contributed by atoms with E-state index in [1.807, 2.05) is 0 Å². The summed E-state index contributed by atoms with van der Waals surface area (Å²) in [5, 5.41) is 10.0. The molecule has 0 amide bonds. The summed E-state index contributed by atoms with van der Waals surface area (Å²) < 4.78 is 29.9. The number of rotatable bonds is 5. The summed E-state index contributed by atoms with van der Waals surface area (Å²) in [6, 6.07) is 8.48. The van der Waals surface area contributed by atoms with Crippen molar-refractivity contribution in [3.05, 3.63) is 66.6 Å². The van der Waals surface area contributed by atoms with E-state index in [-0.39, 0.29) is 23.1 Å². The Kier molecular flexibility index (Phi) is 4.88. The minimum Gasteiger partial charge on any atom is -0.399 e. The number of hydrogen-bond acceptors (Lipinski definition) is 7. The van der Waals surface area contributed by atoms with Gasteiger partial charge in [-0.05, 0) is 35.9 Å². The Morgan fingerprint density at radius 3 is 2.53 bits per heavy atom. The highest BCUT2D eigenvalue weighted by Crippen LogP contribution is 2.32. The second kappa shape index (κ2) is 7.66. The van der Waals surface area contributed by atoms with E-state index in [2.05, 4.69) is 25.7 Å². The third kappa shape index (κ3) is 3.97. The number of nitrogens with zero attached hydrogens (tertiary/aromatic N) is 4. The number of aryl methyl sites for hydroxylation is 1. The zero-order chi connectivity index (χ0) is 21.3. The zero-order valence-electron chi connectivity index (χ0n) is 15.9. The first kappa shape index (κ1) is 19.1. The van der Waals surface area contributed by atoms with Gasteiger partial charge < -0.3 is 22.1 Å². The summed E-state index contributed by atoms with van der Waals surface area (Å²) in [4.78, 5) is 8.72. The number of anilines is 6. The van der Waals surface area contributed by atoms with E-state index >= 15 is 0 Å². The fourth-order valence-electron chi connectivity index (χ4n) is 2.82. The number of benzene rings is 2. The molecule has 4 aromatic rings. The summed E-state index contributed by atoms with van der Waals surface area (Å²) in [6.45, 7) is 0. The van der Waals surface area contributed by atoms with Gasteiger partial charge in [-0.2, -0.15) is 10.1 Å². The molecule has 0 spiro atoms. The number of nitrogen functional groups attached to an aromatic ring is 2. The van der Waals surface area contributed by atoms with Gasteiger partial charge in [0.2, 0.25) is 5.95 Å². The molecule has 8 nitrogen and oxygen atoms in total. The van der Waals surface area contributed by atoms with Gasteiger partial charge in [-0.25, -0.2) is 13.8 Å². The molecule has 4 rings (SSSR count). The molecular formula is C20H18F2N8. The highest BCUT2D eigenvalue weighted by Gasteiger charge is 2.14. The second-order valence-electron chi connectivity index (χ2n) is 6.58. The third-order valence-corrected chi connectivity index (χ3v) is 4.30. The van der Waals surface area contributed by atoms with E-state index in [4.69, 9.17) is 11.5 Å². The van der Waals surface area contributed by atoms with Gasteiger partial charge in [0.15, 0.2) is 0 Å². The quantitative estimate of drug-likeness (QED) is 0.371. The SMILES string of the molecule is Cn1cc(Nc2ncc(-c3ccc(N)c(F)c3)c(Nc3cc(N)ccc3F)n2)cn1. The molecule has 30 heavy (non-hydrogen) atoms. The first-order valence-corrected chi connectivity index (χ1v) is 8.89. The Morgan fingerprint density at radius 2 is 1.80 bits per heavy atom. The van der Waals surface area contributed by atoms with Gasteiger partial charge in [0.1, 0.15) is 17.5 Å². The Morgan fingerprint density at radius 1 is 0.967 bits per heavy atom. The number of nitrogens with one attached hydrogen (secondary N) is 2. The topological polar surface area (TPSA) is 120 Å². The maximum absolute atomic E-state index is 14.3. The van der Waals surface area contributed by atoms with Crippen LogP contribution in [0.5, 0.6) is 0 Å². The standard InChI is InChI=1S/C20H18F2N8/c1-30-10-13(8-26-30)27-20-25-9-14(11-2-5-17(24)16(22)6-11)19(29-20)28-18-7-12(23)3-4-15(18)21/h2-10H,23-24H2,1H3,(H2,25,27,28,29). The smallest absolute Gasteiger partial charge is 0.229 e. The largest absolute Gasteiger partial charge is 0.399 e. The van der Waals surface area contributed by atoms with Crippen LogP contribution < -0.4 is 22.1 Å². The van der Waals surface area contributed by atoms with E-state index in [0.29, 0.717) is 22.5 Å². The van der Waals surface area contributed by atoms with E-state index in [1.54, 1.807) is 30.2 Å². The fourth-order valence-corrected chi connectivity index (χ4v) is 2.82. The van der Waals surface area contributed by atoms with Gasteiger partial charge in [-0.1, -0.05) is 6.07 Å². The molecule has 0 aliphatic carbocycles. The maximum Gasteiger partial charge on any atom is 0.229 e. The predicted molar refractivity (Wildman–Crippen MR) is 112 cm³/mol.